The summed E-state index contributed by atoms with van der Waals surface area (Å²) in [6, 6.07) is 9.58. The summed E-state index contributed by atoms with van der Waals surface area (Å²) in [6.07, 6.45) is 5.85. The van der Waals surface area contributed by atoms with Crippen LogP contribution >= 0.6 is 22.9 Å². The zero-order valence-electron chi connectivity index (χ0n) is 17.8. The van der Waals surface area contributed by atoms with E-state index in [1.165, 1.54) is 46.2 Å². The number of aromatic nitrogens is 2. The van der Waals surface area contributed by atoms with Gasteiger partial charge in [0, 0.05) is 23.0 Å². The molecule has 0 spiro atoms. The highest BCUT2D eigenvalue weighted by atomic mass is 35.5. The molecular formula is C24H30ClN3S. The van der Waals surface area contributed by atoms with Crippen molar-refractivity contribution in [2.45, 2.75) is 71.8 Å². The zero-order valence-corrected chi connectivity index (χ0v) is 19.4. The minimum Gasteiger partial charge on any atom is -0.353 e. The number of anilines is 1. The Morgan fingerprint density at radius 3 is 2.55 bits per heavy atom. The number of piperidine rings is 1. The number of benzene rings is 1. The van der Waals surface area contributed by atoms with Crippen LogP contribution in [0.15, 0.2) is 24.3 Å². The maximum absolute atomic E-state index is 6.40. The summed E-state index contributed by atoms with van der Waals surface area (Å²) in [5.74, 6) is 1.57. The summed E-state index contributed by atoms with van der Waals surface area (Å²) >= 11 is 8.17. The van der Waals surface area contributed by atoms with E-state index in [4.69, 9.17) is 16.6 Å². The van der Waals surface area contributed by atoms with Gasteiger partial charge >= 0.3 is 0 Å². The molecule has 1 saturated heterocycles. The molecule has 5 heteroatoms. The summed E-state index contributed by atoms with van der Waals surface area (Å²) in [5.41, 5.74) is 3.93. The number of rotatable bonds is 5. The third kappa shape index (κ3) is 3.89. The lowest BCUT2D eigenvalue weighted by atomic mass is 9.96. The van der Waals surface area contributed by atoms with Gasteiger partial charge in [-0.1, -0.05) is 52.0 Å². The number of aryl methyl sites for hydroxylation is 1. The second-order valence-electron chi connectivity index (χ2n) is 8.28. The first-order valence-electron chi connectivity index (χ1n) is 10.9. The Balaban J connectivity index is 1.94. The average Bonchev–Trinajstić information content (AvgIpc) is 3.11. The third-order valence-corrected chi connectivity index (χ3v) is 7.53. The standard InChI is InChI=1S/C24H30ClN3S/c1-5-18-9-7-8-14-28(18)22-21-20(17-12-10-16(11-13-17)15(3)4)19(6-2)29-23(21)27-24(25)26-22/h10-13,15,18H,5-9,14H2,1-4H3. The molecule has 4 rings (SSSR count). The monoisotopic (exact) mass is 427 g/mol. The fourth-order valence-electron chi connectivity index (χ4n) is 4.50. The van der Waals surface area contributed by atoms with Crippen LogP contribution in [0.1, 0.15) is 69.7 Å². The summed E-state index contributed by atoms with van der Waals surface area (Å²) in [4.78, 5) is 14.3. The van der Waals surface area contributed by atoms with E-state index < -0.39 is 0 Å². The smallest absolute Gasteiger partial charge is 0.225 e. The van der Waals surface area contributed by atoms with Gasteiger partial charge in [-0.2, -0.15) is 4.98 Å². The molecule has 1 unspecified atom stereocenters. The Kier molecular flexibility index (Phi) is 6.12. The Hall–Kier alpha value is -1.65. The van der Waals surface area contributed by atoms with Gasteiger partial charge in [-0.15, -0.1) is 11.3 Å². The molecule has 1 atom stereocenters. The molecule has 0 bridgehead atoms. The lowest BCUT2D eigenvalue weighted by Crippen LogP contribution is -2.39. The van der Waals surface area contributed by atoms with E-state index in [-0.39, 0.29) is 0 Å². The molecule has 0 aliphatic carbocycles. The van der Waals surface area contributed by atoms with E-state index in [1.54, 1.807) is 11.3 Å². The molecule has 3 nitrogen and oxygen atoms in total. The summed E-state index contributed by atoms with van der Waals surface area (Å²) in [6.45, 7) is 10.0. The van der Waals surface area contributed by atoms with Gasteiger partial charge in [0.15, 0.2) is 0 Å². The lowest BCUT2D eigenvalue weighted by molar-refractivity contribution is 0.448. The fraction of sp³-hybridized carbons (Fsp3) is 0.500. The van der Waals surface area contributed by atoms with Crippen molar-refractivity contribution in [1.29, 1.82) is 0 Å². The van der Waals surface area contributed by atoms with Crippen LogP contribution in [0.4, 0.5) is 5.82 Å². The van der Waals surface area contributed by atoms with Gasteiger partial charge in [-0.05, 0) is 60.7 Å². The van der Waals surface area contributed by atoms with Gasteiger partial charge in [0.1, 0.15) is 10.6 Å². The SMILES string of the molecule is CCc1sc2nc(Cl)nc(N3CCCCC3CC)c2c1-c1ccc(C(C)C)cc1. The maximum Gasteiger partial charge on any atom is 0.225 e. The summed E-state index contributed by atoms with van der Waals surface area (Å²) < 4.78 is 0. The first kappa shape index (κ1) is 20.6. The van der Waals surface area contributed by atoms with Gasteiger partial charge in [0.05, 0.1) is 5.39 Å². The van der Waals surface area contributed by atoms with E-state index in [2.05, 4.69) is 61.8 Å². The summed E-state index contributed by atoms with van der Waals surface area (Å²) in [7, 11) is 0. The van der Waals surface area contributed by atoms with Crippen molar-refractivity contribution in [2.24, 2.45) is 0 Å². The number of halogens is 1. The van der Waals surface area contributed by atoms with Gasteiger partial charge in [-0.25, -0.2) is 4.98 Å². The highest BCUT2D eigenvalue weighted by Crippen LogP contribution is 2.44. The van der Waals surface area contributed by atoms with Crippen LogP contribution in [-0.4, -0.2) is 22.6 Å². The number of nitrogens with zero attached hydrogens (tertiary/aromatic N) is 3. The van der Waals surface area contributed by atoms with Gasteiger partial charge in [0.2, 0.25) is 5.28 Å². The highest BCUT2D eigenvalue weighted by Gasteiger charge is 2.28. The molecule has 0 amide bonds. The van der Waals surface area contributed by atoms with E-state index in [0.717, 1.165) is 30.0 Å². The van der Waals surface area contributed by atoms with Gasteiger partial charge < -0.3 is 4.90 Å². The van der Waals surface area contributed by atoms with Crippen LogP contribution in [0.2, 0.25) is 5.28 Å². The molecule has 154 valence electrons. The van der Waals surface area contributed by atoms with Crippen LogP contribution in [0.25, 0.3) is 21.3 Å². The minimum atomic E-state index is 0.360. The van der Waals surface area contributed by atoms with E-state index >= 15 is 0 Å². The predicted octanol–water partition coefficient (Wildman–Crippen LogP) is 7.47. The Morgan fingerprint density at radius 2 is 1.90 bits per heavy atom. The van der Waals surface area contributed by atoms with Crippen LogP contribution < -0.4 is 4.90 Å². The molecule has 3 heterocycles. The number of thiophene rings is 1. The Bertz CT molecular complexity index is 994. The van der Waals surface area contributed by atoms with E-state index in [0.29, 0.717) is 17.2 Å². The Morgan fingerprint density at radius 1 is 1.14 bits per heavy atom. The molecule has 1 fully saturated rings. The zero-order chi connectivity index (χ0) is 20.5. The van der Waals surface area contributed by atoms with E-state index in [1.807, 2.05) is 0 Å². The van der Waals surface area contributed by atoms with Crippen molar-refractivity contribution >= 4 is 39.0 Å². The molecule has 0 N–H and O–H groups in total. The van der Waals surface area contributed by atoms with Crippen molar-refractivity contribution in [3.63, 3.8) is 0 Å². The molecule has 3 aromatic rings. The molecule has 0 radical (unpaired) electrons. The molecule has 29 heavy (non-hydrogen) atoms. The van der Waals surface area contributed by atoms with Crippen molar-refractivity contribution < 1.29 is 0 Å². The minimum absolute atomic E-state index is 0.360. The van der Waals surface area contributed by atoms with Crippen molar-refractivity contribution in [2.75, 3.05) is 11.4 Å². The van der Waals surface area contributed by atoms with Gasteiger partial charge in [0.25, 0.3) is 0 Å². The van der Waals surface area contributed by atoms with E-state index in [9.17, 15) is 0 Å². The normalized spacial score (nSPS) is 17.4. The molecule has 0 saturated carbocycles. The van der Waals surface area contributed by atoms with Gasteiger partial charge in [-0.3, -0.25) is 0 Å². The second-order valence-corrected chi connectivity index (χ2v) is 9.70. The van der Waals surface area contributed by atoms with Crippen LogP contribution in [0.5, 0.6) is 0 Å². The average molecular weight is 428 g/mol. The quantitative estimate of drug-likeness (QED) is 0.395. The van der Waals surface area contributed by atoms with Crippen LogP contribution in [0, 0.1) is 0 Å². The maximum atomic E-state index is 6.40. The molecule has 1 aliphatic heterocycles. The van der Waals surface area contributed by atoms with Crippen molar-refractivity contribution in [3.05, 3.63) is 40.0 Å². The topological polar surface area (TPSA) is 29.0 Å². The van der Waals surface area contributed by atoms with Crippen LogP contribution in [-0.2, 0) is 6.42 Å². The molecule has 1 aromatic carbocycles. The van der Waals surface area contributed by atoms with Crippen molar-refractivity contribution in [3.8, 4) is 11.1 Å². The largest absolute Gasteiger partial charge is 0.353 e. The first-order valence-corrected chi connectivity index (χ1v) is 12.1. The lowest BCUT2D eigenvalue weighted by Gasteiger charge is -2.36. The first-order chi connectivity index (χ1) is 14.0. The number of hydrogen-bond donors (Lipinski definition) is 0. The highest BCUT2D eigenvalue weighted by molar-refractivity contribution is 7.19. The van der Waals surface area contributed by atoms with Crippen LogP contribution in [0.3, 0.4) is 0 Å². The number of fused-ring (bicyclic) bond motifs is 1. The molecular weight excluding hydrogens is 398 g/mol. The predicted molar refractivity (Wildman–Crippen MR) is 127 cm³/mol. The van der Waals surface area contributed by atoms with Crippen molar-refractivity contribution in [1.82, 2.24) is 9.97 Å². The molecule has 1 aliphatic rings. The fourth-order valence-corrected chi connectivity index (χ4v) is 5.85. The third-order valence-electron chi connectivity index (χ3n) is 6.14. The molecule has 2 aromatic heterocycles. The Labute approximate surface area is 183 Å². The summed E-state index contributed by atoms with van der Waals surface area (Å²) in [5, 5.41) is 1.55. The second kappa shape index (κ2) is 8.61. The number of hydrogen-bond acceptors (Lipinski definition) is 4.